The number of benzene rings is 2. The van der Waals surface area contributed by atoms with E-state index in [2.05, 4.69) is 0 Å². The minimum absolute atomic E-state index is 0.0284. The lowest BCUT2D eigenvalue weighted by Crippen LogP contribution is -2.21. The molecule has 6 nitrogen and oxygen atoms in total. The SMILES string of the molecule is COc1ccccc1C(=O)c1c(C(=O)O)sc2c1C(=O)c1ccccc1C2=O. The van der Waals surface area contributed by atoms with E-state index in [0.29, 0.717) is 11.3 Å². The first-order valence-electron chi connectivity index (χ1n) is 8.22. The number of ketones is 3. The fourth-order valence-electron chi connectivity index (χ4n) is 3.28. The molecule has 0 aliphatic heterocycles. The predicted molar refractivity (Wildman–Crippen MR) is 101 cm³/mol. The van der Waals surface area contributed by atoms with Crippen LogP contribution in [0.4, 0.5) is 0 Å². The number of thiophene rings is 1. The Hall–Kier alpha value is -3.58. The molecule has 0 saturated heterocycles. The highest BCUT2D eigenvalue weighted by molar-refractivity contribution is 7.17. The zero-order valence-electron chi connectivity index (χ0n) is 14.5. The van der Waals surface area contributed by atoms with Crippen molar-refractivity contribution in [3.05, 3.63) is 86.1 Å². The second kappa shape index (κ2) is 6.54. The van der Waals surface area contributed by atoms with Gasteiger partial charge >= 0.3 is 5.97 Å². The molecular weight excluding hydrogens is 380 g/mol. The molecule has 0 amide bonds. The van der Waals surface area contributed by atoms with E-state index in [1.165, 1.54) is 25.3 Å². The van der Waals surface area contributed by atoms with Crippen LogP contribution in [0.3, 0.4) is 0 Å². The third-order valence-corrected chi connectivity index (χ3v) is 5.71. The van der Waals surface area contributed by atoms with Crippen molar-refractivity contribution in [2.75, 3.05) is 7.11 Å². The van der Waals surface area contributed by atoms with Gasteiger partial charge in [0.1, 0.15) is 10.6 Å². The molecule has 138 valence electrons. The number of methoxy groups -OCH3 is 1. The Kier molecular flexibility index (Phi) is 4.16. The number of carboxylic acids is 1. The second-order valence-corrected chi connectivity index (χ2v) is 7.07. The standard InChI is InChI=1S/C21H12O6S/c1-27-13-9-5-4-8-12(13)17(23)15-14-16(22)10-6-2-3-7-11(10)18(24)19(14)28-20(15)21(25)26/h2-9H,1H3,(H,25,26). The summed E-state index contributed by atoms with van der Waals surface area (Å²) in [6.07, 6.45) is 0. The van der Waals surface area contributed by atoms with Gasteiger partial charge in [0.25, 0.3) is 0 Å². The van der Waals surface area contributed by atoms with Crippen LogP contribution in [0.25, 0.3) is 0 Å². The van der Waals surface area contributed by atoms with Crippen molar-refractivity contribution in [1.82, 2.24) is 0 Å². The number of aromatic carboxylic acids is 1. The van der Waals surface area contributed by atoms with Crippen LogP contribution in [0.2, 0.25) is 0 Å². The average Bonchev–Trinajstić information content (AvgIpc) is 3.13. The third-order valence-electron chi connectivity index (χ3n) is 4.53. The number of ether oxygens (including phenoxy) is 1. The molecule has 2 aromatic carbocycles. The van der Waals surface area contributed by atoms with Gasteiger partial charge in [0, 0.05) is 11.1 Å². The Morgan fingerprint density at radius 2 is 1.54 bits per heavy atom. The molecule has 4 rings (SSSR count). The highest BCUT2D eigenvalue weighted by atomic mass is 32.1. The first-order chi connectivity index (χ1) is 13.5. The number of fused-ring (bicyclic) bond motifs is 2. The van der Waals surface area contributed by atoms with Gasteiger partial charge in [-0.3, -0.25) is 14.4 Å². The summed E-state index contributed by atoms with van der Waals surface area (Å²) in [5, 5.41) is 9.63. The Morgan fingerprint density at radius 1 is 0.929 bits per heavy atom. The summed E-state index contributed by atoms with van der Waals surface area (Å²) in [7, 11) is 1.39. The van der Waals surface area contributed by atoms with E-state index in [0.717, 1.165) is 0 Å². The van der Waals surface area contributed by atoms with E-state index in [-0.39, 0.29) is 43.3 Å². The van der Waals surface area contributed by atoms with Crippen molar-refractivity contribution in [1.29, 1.82) is 0 Å². The van der Waals surface area contributed by atoms with Crippen LogP contribution >= 0.6 is 11.3 Å². The fourth-order valence-corrected chi connectivity index (χ4v) is 4.37. The van der Waals surface area contributed by atoms with Crippen LogP contribution in [0, 0.1) is 0 Å². The summed E-state index contributed by atoms with van der Waals surface area (Å²) in [5.74, 6) is -2.79. The van der Waals surface area contributed by atoms with Crippen molar-refractivity contribution in [3.8, 4) is 5.75 Å². The molecular formula is C21H12O6S. The van der Waals surface area contributed by atoms with Crippen LogP contribution in [0.1, 0.15) is 56.7 Å². The average molecular weight is 392 g/mol. The van der Waals surface area contributed by atoms with E-state index in [1.54, 1.807) is 30.3 Å². The van der Waals surface area contributed by atoms with E-state index >= 15 is 0 Å². The van der Waals surface area contributed by atoms with Crippen LogP contribution in [0.15, 0.2) is 48.5 Å². The Bertz CT molecular complexity index is 1190. The number of carboxylic acid groups (broad SMARTS) is 1. The lowest BCUT2D eigenvalue weighted by molar-refractivity contribution is 0.0698. The number of para-hydroxylation sites is 1. The molecule has 3 aromatic rings. The van der Waals surface area contributed by atoms with Gasteiger partial charge in [-0.25, -0.2) is 4.79 Å². The van der Waals surface area contributed by atoms with Gasteiger partial charge in [0.05, 0.1) is 28.7 Å². The van der Waals surface area contributed by atoms with Crippen molar-refractivity contribution < 1.29 is 29.0 Å². The largest absolute Gasteiger partial charge is 0.496 e. The quantitative estimate of drug-likeness (QED) is 0.534. The molecule has 7 heteroatoms. The van der Waals surface area contributed by atoms with Crippen LogP contribution in [0.5, 0.6) is 5.75 Å². The van der Waals surface area contributed by atoms with Crippen molar-refractivity contribution in [2.45, 2.75) is 0 Å². The van der Waals surface area contributed by atoms with E-state index in [4.69, 9.17) is 4.74 Å². The molecule has 0 atom stereocenters. The molecule has 1 aliphatic rings. The highest BCUT2D eigenvalue weighted by Crippen LogP contribution is 2.39. The number of hydrogen-bond acceptors (Lipinski definition) is 6. The fraction of sp³-hybridized carbons (Fsp3) is 0.0476. The zero-order chi connectivity index (χ0) is 20.0. The number of hydrogen-bond donors (Lipinski definition) is 1. The molecule has 1 N–H and O–H groups in total. The van der Waals surface area contributed by atoms with Gasteiger partial charge in [0.15, 0.2) is 11.6 Å². The summed E-state index contributed by atoms with van der Waals surface area (Å²) in [6.45, 7) is 0. The number of carbonyl (C=O) groups excluding carboxylic acids is 3. The van der Waals surface area contributed by atoms with Crippen LogP contribution in [-0.2, 0) is 0 Å². The minimum Gasteiger partial charge on any atom is -0.496 e. The molecule has 0 spiro atoms. The minimum atomic E-state index is -1.37. The number of carbonyl (C=O) groups is 4. The molecule has 28 heavy (non-hydrogen) atoms. The third kappa shape index (κ3) is 2.48. The van der Waals surface area contributed by atoms with Gasteiger partial charge in [-0.1, -0.05) is 36.4 Å². The lowest BCUT2D eigenvalue weighted by atomic mass is 9.85. The number of rotatable bonds is 4. The molecule has 0 bridgehead atoms. The topological polar surface area (TPSA) is 97.7 Å². The second-order valence-electron chi connectivity index (χ2n) is 6.05. The molecule has 0 unspecified atom stereocenters. The monoisotopic (exact) mass is 392 g/mol. The Labute approximate surface area is 163 Å². The van der Waals surface area contributed by atoms with Crippen molar-refractivity contribution in [2.24, 2.45) is 0 Å². The van der Waals surface area contributed by atoms with Gasteiger partial charge in [-0.15, -0.1) is 11.3 Å². The molecule has 1 heterocycles. The highest BCUT2D eigenvalue weighted by Gasteiger charge is 2.39. The van der Waals surface area contributed by atoms with Crippen LogP contribution < -0.4 is 4.74 Å². The van der Waals surface area contributed by atoms with Gasteiger partial charge in [-0.05, 0) is 12.1 Å². The molecule has 1 aromatic heterocycles. The molecule has 0 radical (unpaired) electrons. The van der Waals surface area contributed by atoms with Crippen LogP contribution in [-0.4, -0.2) is 35.5 Å². The maximum absolute atomic E-state index is 13.2. The van der Waals surface area contributed by atoms with Crippen molar-refractivity contribution in [3.63, 3.8) is 0 Å². The first-order valence-corrected chi connectivity index (χ1v) is 9.03. The summed E-state index contributed by atoms with van der Waals surface area (Å²) in [5.41, 5.74) is 0.0531. The van der Waals surface area contributed by atoms with Crippen molar-refractivity contribution >= 4 is 34.7 Å². The summed E-state index contributed by atoms with van der Waals surface area (Å²) < 4.78 is 5.20. The molecule has 0 saturated carbocycles. The predicted octanol–water partition coefficient (Wildman–Crippen LogP) is 3.46. The lowest BCUT2D eigenvalue weighted by Gasteiger charge is -2.15. The normalized spacial score (nSPS) is 12.3. The summed E-state index contributed by atoms with van der Waals surface area (Å²) in [6, 6.07) is 12.6. The molecule has 1 aliphatic carbocycles. The van der Waals surface area contributed by atoms with E-state index in [1.807, 2.05) is 0 Å². The van der Waals surface area contributed by atoms with E-state index in [9.17, 15) is 24.3 Å². The Balaban J connectivity index is 2.00. The molecule has 0 fully saturated rings. The smallest absolute Gasteiger partial charge is 0.346 e. The summed E-state index contributed by atoms with van der Waals surface area (Å²) >= 11 is 0.650. The van der Waals surface area contributed by atoms with Gasteiger partial charge in [-0.2, -0.15) is 0 Å². The zero-order valence-corrected chi connectivity index (χ0v) is 15.3. The maximum atomic E-state index is 13.2. The van der Waals surface area contributed by atoms with Gasteiger partial charge in [0.2, 0.25) is 5.78 Å². The van der Waals surface area contributed by atoms with Gasteiger partial charge < -0.3 is 9.84 Å². The Morgan fingerprint density at radius 3 is 2.18 bits per heavy atom. The first kappa shape index (κ1) is 17.8. The van der Waals surface area contributed by atoms with E-state index < -0.39 is 23.3 Å². The summed E-state index contributed by atoms with van der Waals surface area (Å²) in [4.78, 5) is 50.6. The maximum Gasteiger partial charge on any atom is 0.346 e.